The Kier molecular flexibility index (Phi) is 3.73. The molecule has 0 unspecified atom stereocenters. The van der Waals surface area contributed by atoms with E-state index in [1.54, 1.807) is 12.4 Å². The van der Waals surface area contributed by atoms with Crippen molar-refractivity contribution in [3.8, 4) is 0 Å². The average molecular weight is 189 g/mol. The fourth-order valence-corrected chi connectivity index (χ4v) is 0.932. The van der Waals surface area contributed by atoms with Crippen LogP contribution in [0.15, 0.2) is 36.8 Å². The highest BCUT2D eigenvalue weighted by molar-refractivity contribution is 5.46. The molecule has 0 atom stereocenters. The van der Waals surface area contributed by atoms with Gasteiger partial charge in [0, 0.05) is 24.3 Å². The number of aromatic nitrogens is 2. The molecule has 0 saturated carbocycles. The summed E-state index contributed by atoms with van der Waals surface area (Å²) in [5.74, 6) is 0. The maximum absolute atomic E-state index is 5.51. The first-order chi connectivity index (χ1) is 6.72. The number of hydrogen-bond acceptors (Lipinski definition) is 2. The van der Waals surface area contributed by atoms with Gasteiger partial charge in [-0.1, -0.05) is 6.07 Å². The molecule has 0 aliphatic heterocycles. The summed E-state index contributed by atoms with van der Waals surface area (Å²) in [6, 6.07) is 5.72. The molecule has 2 aromatic rings. The summed E-state index contributed by atoms with van der Waals surface area (Å²) in [5.41, 5.74) is 8.67. The van der Waals surface area contributed by atoms with Crippen LogP contribution in [0.3, 0.4) is 0 Å². The molecule has 0 fully saturated rings. The number of anilines is 1. The number of aromatic amines is 1. The van der Waals surface area contributed by atoms with Crippen molar-refractivity contribution < 1.29 is 0 Å². The molecular weight excluding hydrogens is 174 g/mol. The second-order valence-corrected chi connectivity index (χ2v) is 3.02. The molecule has 0 saturated heterocycles. The van der Waals surface area contributed by atoms with E-state index in [4.69, 9.17) is 5.73 Å². The maximum Gasteiger partial charge on any atom is 0.0524 e. The van der Waals surface area contributed by atoms with Gasteiger partial charge in [0.25, 0.3) is 0 Å². The molecular formula is C11H15N3. The number of aryl methyl sites for hydroxylation is 1. The van der Waals surface area contributed by atoms with Crippen LogP contribution in [0.5, 0.6) is 0 Å². The third kappa shape index (κ3) is 2.94. The normalized spacial score (nSPS) is 9.00. The quantitative estimate of drug-likeness (QED) is 0.668. The topological polar surface area (TPSA) is 54.7 Å². The molecule has 2 rings (SSSR count). The summed E-state index contributed by atoms with van der Waals surface area (Å²) < 4.78 is 0. The van der Waals surface area contributed by atoms with E-state index in [0.717, 1.165) is 16.9 Å². The van der Waals surface area contributed by atoms with Crippen molar-refractivity contribution in [3.63, 3.8) is 0 Å². The van der Waals surface area contributed by atoms with Crippen molar-refractivity contribution in [2.75, 3.05) is 5.73 Å². The molecule has 0 bridgehead atoms. The Morgan fingerprint density at radius 2 is 1.79 bits per heavy atom. The van der Waals surface area contributed by atoms with Gasteiger partial charge in [-0.05, 0) is 31.5 Å². The van der Waals surface area contributed by atoms with Crippen LogP contribution in [0.25, 0.3) is 0 Å². The SMILES string of the molecule is Cc1[nH]cc(N)c1C.c1ccncc1. The zero-order valence-corrected chi connectivity index (χ0v) is 8.49. The lowest BCUT2D eigenvalue weighted by atomic mass is 10.3. The molecule has 3 N–H and O–H groups in total. The zero-order valence-electron chi connectivity index (χ0n) is 8.49. The molecule has 3 heteroatoms. The first-order valence-corrected chi connectivity index (χ1v) is 4.47. The van der Waals surface area contributed by atoms with Crippen molar-refractivity contribution in [1.82, 2.24) is 9.97 Å². The smallest absolute Gasteiger partial charge is 0.0524 e. The van der Waals surface area contributed by atoms with E-state index in [9.17, 15) is 0 Å². The molecule has 2 aromatic heterocycles. The molecule has 74 valence electrons. The minimum absolute atomic E-state index is 0.850. The van der Waals surface area contributed by atoms with Gasteiger partial charge in [0.05, 0.1) is 5.69 Å². The van der Waals surface area contributed by atoms with Gasteiger partial charge in [-0.15, -0.1) is 0 Å². The van der Waals surface area contributed by atoms with Crippen LogP contribution in [0, 0.1) is 13.8 Å². The number of pyridine rings is 1. The zero-order chi connectivity index (χ0) is 10.4. The summed E-state index contributed by atoms with van der Waals surface area (Å²) in [7, 11) is 0. The van der Waals surface area contributed by atoms with Gasteiger partial charge in [0.15, 0.2) is 0 Å². The number of rotatable bonds is 0. The second kappa shape index (κ2) is 5.07. The van der Waals surface area contributed by atoms with Gasteiger partial charge in [-0.3, -0.25) is 4.98 Å². The van der Waals surface area contributed by atoms with E-state index in [-0.39, 0.29) is 0 Å². The number of nitrogens with one attached hydrogen (secondary N) is 1. The molecule has 14 heavy (non-hydrogen) atoms. The molecule has 0 aliphatic carbocycles. The van der Waals surface area contributed by atoms with Gasteiger partial charge in [0.2, 0.25) is 0 Å². The summed E-state index contributed by atoms with van der Waals surface area (Å²) in [4.78, 5) is 6.80. The fourth-order valence-electron chi connectivity index (χ4n) is 0.932. The van der Waals surface area contributed by atoms with Crippen LogP contribution in [-0.4, -0.2) is 9.97 Å². The van der Waals surface area contributed by atoms with Crippen LogP contribution in [0.2, 0.25) is 0 Å². The highest BCUT2D eigenvalue weighted by Gasteiger charge is 1.95. The summed E-state index contributed by atoms with van der Waals surface area (Å²) in [6.45, 7) is 4.01. The van der Waals surface area contributed by atoms with Crippen molar-refractivity contribution >= 4 is 5.69 Å². The molecule has 0 amide bonds. The molecule has 0 aromatic carbocycles. The Labute approximate surface area is 84.0 Å². The molecule has 0 aliphatic rings. The van der Waals surface area contributed by atoms with Crippen LogP contribution in [0.1, 0.15) is 11.3 Å². The Bertz CT molecular complexity index is 319. The van der Waals surface area contributed by atoms with Gasteiger partial charge in [0.1, 0.15) is 0 Å². The van der Waals surface area contributed by atoms with Crippen molar-refractivity contribution in [3.05, 3.63) is 48.0 Å². The van der Waals surface area contributed by atoms with Crippen molar-refractivity contribution in [2.45, 2.75) is 13.8 Å². The number of nitrogens with two attached hydrogens (primary N) is 1. The van der Waals surface area contributed by atoms with E-state index in [1.165, 1.54) is 0 Å². The lowest BCUT2D eigenvalue weighted by molar-refractivity contribution is 1.23. The Morgan fingerprint density at radius 3 is 1.93 bits per heavy atom. The van der Waals surface area contributed by atoms with E-state index >= 15 is 0 Å². The molecule has 2 heterocycles. The van der Waals surface area contributed by atoms with Gasteiger partial charge in [-0.2, -0.15) is 0 Å². The van der Waals surface area contributed by atoms with E-state index in [2.05, 4.69) is 9.97 Å². The lowest BCUT2D eigenvalue weighted by Crippen LogP contribution is -1.82. The number of nitrogen functional groups attached to an aromatic ring is 1. The fraction of sp³-hybridized carbons (Fsp3) is 0.182. The third-order valence-electron chi connectivity index (χ3n) is 2.01. The molecule has 3 nitrogen and oxygen atoms in total. The van der Waals surface area contributed by atoms with Crippen LogP contribution in [-0.2, 0) is 0 Å². The minimum Gasteiger partial charge on any atom is -0.397 e. The van der Waals surface area contributed by atoms with Crippen LogP contribution >= 0.6 is 0 Å². The predicted molar refractivity (Wildman–Crippen MR) is 58.9 cm³/mol. The molecule has 0 spiro atoms. The van der Waals surface area contributed by atoms with E-state index in [1.807, 2.05) is 38.2 Å². The Morgan fingerprint density at radius 1 is 1.14 bits per heavy atom. The van der Waals surface area contributed by atoms with Gasteiger partial charge < -0.3 is 10.7 Å². The van der Waals surface area contributed by atoms with Crippen LogP contribution < -0.4 is 5.73 Å². The van der Waals surface area contributed by atoms with Crippen molar-refractivity contribution in [1.29, 1.82) is 0 Å². The first kappa shape index (κ1) is 10.3. The monoisotopic (exact) mass is 189 g/mol. The van der Waals surface area contributed by atoms with E-state index in [0.29, 0.717) is 0 Å². The van der Waals surface area contributed by atoms with Crippen LogP contribution in [0.4, 0.5) is 5.69 Å². The highest BCUT2D eigenvalue weighted by atomic mass is 14.7. The minimum atomic E-state index is 0.850. The highest BCUT2D eigenvalue weighted by Crippen LogP contribution is 2.11. The third-order valence-corrected chi connectivity index (χ3v) is 2.01. The maximum atomic E-state index is 5.51. The largest absolute Gasteiger partial charge is 0.397 e. The van der Waals surface area contributed by atoms with Gasteiger partial charge >= 0.3 is 0 Å². The number of H-pyrrole nitrogens is 1. The molecule has 0 radical (unpaired) electrons. The average Bonchev–Trinajstić information content (AvgIpc) is 2.53. The second-order valence-electron chi connectivity index (χ2n) is 3.02. The van der Waals surface area contributed by atoms with Crippen molar-refractivity contribution in [2.24, 2.45) is 0 Å². The summed E-state index contributed by atoms with van der Waals surface area (Å²) in [5, 5.41) is 0. The van der Waals surface area contributed by atoms with E-state index < -0.39 is 0 Å². The Balaban J connectivity index is 0.000000146. The standard InChI is InChI=1S/C6H10N2.C5H5N/c1-4-5(2)8-3-6(4)7;1-2-4-6-5-3-1/h3,8H,7H2,1-2H3;1-5H. The lowest BCUT2D eigenvalue weighted by Gasteiger charge is -1.86. The number of hydrogen-bond donors (Lipinski definition) is 2. The number of nitrogens with zero attached hydrogens (tertiary/aromatic N) is 1. The first-order valence-electron chi connectivity index (χ1n) is 4.47. The predicted octanol–water partition coefficient (Wildman–Crippen LogP) is 2.30. The van der Waals surface area contributed by atoms with Gasteiger partial charge in [-0.25, -0.2) is 0 Å². The summed E-state index contributed by atoms with van der Waals surface area (Å²) in [6.07, 6.45) is 5.31. The summed E-state index contributed by atoms with van der Waals surface area (Å²) >= 11 is 0. The Hall–Kier alpha value is -1.77.